The number of nitrogens with two attached hydrogens (primary N) is 1. The number of aryl methyl sites for hydroxylation is 1. The summed E-state index contributed by atoms with van der Waals surface area (Å²) in [6, 6.07) is 5.83. The molecular weight excluding hydrogens is 252 g/mol. The van der Waals surface area contributed by atoms with Crippen molar-refractivity contribution >= 4 is 5.91 Å². The molecule has 2 N–H and O–H groups in total. The summed E-state index contributed by atoms with van der Waals surface area (Å²) in [5.74, 6) is 0.798. The van der Waals surface area contributed by atoms with Crippen LogP contribution in [0.15, 0.2) is 18.2 Å². The van der Waals surface area contributed by atoms with Gasteiger partial charge in [0.05, 0.1) is 0 Å². The first-order chi connectivity index (χ1) is 9.58. The number of ether oxygens (including phenoxy) is 1. The molecule has 1 aliphatic heterocycles. The molecule has 1 aromatic rings. The summed E-state index contributed by atoms with van der Waals surface area (Å²) in [4.78, 5) is 14.0. The number of likely N-dealkylation sites (tertiary alicyclic amines) is 1. The van der Waals surface area contributed by atoms with E-state index in [0.29, 0.717) is 0 Å². The Kier molecular flexibility index (Phi) is 5.01. The second-order valence-corrected chi connectivity index (χ2v) is 5.56. The van der Waals surface area contributed by atoms with Gasteiger partial charge in [-0.15, -0.1) is 0 Å². The molecule has 1 heterocycles. The molecule has 0 saturated carbocycles. The molecule has 1 amide bonds. The van der Waals surface area contributed by atoms with Crippen LogP contribution in [0.25, 0.3) is 0 Å². The highest BCUT2D eigenvalue weighted by Gasteiger charge is 2.17. The third kappa shape index (κ3) is 3.73. The van der Waals surface area contributed by atoms with Crippen LogP contribution in [-0.2, 0) is 4.79 Å². The maximum Gasteiger partial charge on any atom is 0.260 e. The van der Waals surface area contributed by atoms with Gasteiger partial charge in [-0.05, 0) is 44.7 Å². The molecule has 0 radical (unpaired) electrons. The molecule has 0 bridgehead atoms. The average Bonchev–Trinajstić information content (AvgIpc) is 2.45. The normalized spacial score (nSPS) is 16.9. The molecule has 1 saturated heterocycles. The summed E-state index contributed by atoms with van der Waals surface area (Å²) in [5, 5.41) is 0. The van der Waals surface area contributed by atoms with Gasteiger partial charge < -0.3 is 15.4 Å². The van der Waals surface area contributed by atoms with Gasteiger partial charge in [0.1, 0.15) is 5.75 Å². The molecule has 4 nitrogen and oxygen atoms in total. The van der Waals surface area contributed by atoms with Gasteiger partial charge in [-0.25, -0.2) is 0 Å². The Morgan fingerprint density at radius 1 is 1.35 bits per heavy atom. The van der Waals surface area contributed by atoms with Crippen molar-refractivity contribution in [2.75, 3.05) is 19.7 Å². The van der Waals surface area contributed by atoms with Crippen LogP contribution in [0.5, 0.6) is 5.75 Å². The Balaban J connectivity index is 1.99. The van der Waals surface area contributed by atoms with E-state index in [1.807, 2.05) is 36.9 Å². The molecule has 1 aromatic carbocycles. The minimum Gasteiger partial charge on any atom is -0.483 e. The molecule has 1 fully saturated rings. The van der Waals surface area contributed by atoms with E-state index < -0.39 is 0 Å². The summed E-state index contributed by atoms with van der Waals surface area (Å²) in [6.07, 6.45) is 3.42. The Labute approximate surface area is 120 Å². The van der Waals surface area contributed by atoms with E-state index in [0.717, 1.165) is 42.8 Å². The monoisotopic (exact) mass is 276 g/mol. The van der Waals surface area contributed by atoms with Gasteiger partial charge in [-0.2, -0.15) is 0 Å². The van der Waals surface area contributed by atoms with Crippen LogP contribution < -0.4 is 10.5 Å². The number of benzene rings is 1. The molecule has 0 unspecified atom stereocenters. The minimum absolute atomic E-state index is 0.0711. The number of nitrogens with zero attached hydrogens (tertiary/aromatic N) is 1. The zero-order valence-electron chi connectivity index (χ0n) is 12.4. The zero-order valence-corrected chi connectivity index (χ0v) is 12.4. The summed E-state index contributed by atoms with van der Waals surface area (Å²) in [6.45, 7) is 5.74. The van der Waals surface area contributed by atoms with Crippen LogP contribution in [0.1, 0.15) is 43.4 Å². The van der Waals surface area contributed by atoms with E-state index in [4.69, 9.17) is 10.5 Å². The van der Waals surface area contributed by atoms with Crippen LogP contribution >= 0.6 is 0 Å². The lowest BCUT2D eigenvalue weighted by atomic mass is 10.1. The third-order valence-corrected chi connectivity index (χ3v) is 3.72. The van der Waals surface area contributed by atoms with Gasteiger partial charge in [0.2, 0.25) is 0 Å². The first-order valence-electron chi connectivity index (χ1n) is 7.34. The minimum atomic E-state index is -0.101. The predicted octanol–water partition coefficient (Wildman–Crippen LogP) is 2.41. The van der Waals surface area contributed by atoms with Gasteiger partial charge in [0, 0.05) is 24.7 Å². The molecule has 0 aromatic heterocycles. The van der Waals surface area contributed by atoms with E-state index in [1.54, 1.807) is 0 Å². The molecule has 20 heavy (non-hydrogen) atoms. The SMILES string of the molecule is Cc1ccc([C@H](C)N)c(OCC(=O)N2CCCCC2)c1. The maximum atomic E-state index is 12.1. The Morgan fingerprint density at radius 2 is 2.05 bits per heavy atom. The number of rotatable bonds is 4. The van der Waals surface area contributed by atoms with Crippen molar-refractivity contribution in [2.45, 2.75) is 39.2 Å². The number of amides is 1. The number of carbonyl (C=O) groups is 1. The molecule has 110 valence electrons. The van der Waals surface area contributed by atoms with E-state index in [2.05, 4.69) is 0 Å². The van der Waals surface area contributed by atoms with Crippen molar-refractivity contribution in [1.82, 2.24) is 4.90 Å². The van der Waals surface area contributed by atoms with Crippen molar-refractivity contribution in [1.29, 1.82) is 0 Å². The van der Waals surface area contributed by atoms with Crippen LogP contribution in [0.4, 0.5) is 0 Å². The smallest absolute Gasteiger partial charge is 0.260 e. The van der Waals surface area contributed by atoms with Crippen LogP contribution in [0.2, 0.25) is 0 Å². The van der Waals surface area contributed by atoms with Crippen LogP contribution in [0, 0.1) is 6.92 Å². The fraction of sp³-hybridized carbons (Fsp3) is 0.562. The predicted molar refractivity (Wildman–Crippen MR) is 79.7 cm³/mol. The van der Waals surface area contributed by atoms with Gasteiger partial charge >= 0.3 is 0 Å². The summed E-state index contributed by atoms with van der Waals surface area (Å²) in [7, 11) is 0. The van der Waals surface area contributed by atoms with Gasteiger partial charge in [-0.1, -0.05) is 12.1 Å². The van der Waals surface area contributed by atoms with Crippen molar-refractivity contribution < 1.29 is 9.53 Å². The lowest BCUT2D eigenvalue weighted by Crippen LogP contribution is -2.38. The summed E-state index contributed by atoms with van der Waals surface area (Å²) in [5.41, 5.74) is 7.99. The van der Waals surface area contributed by atoms with Gasteiger partial charge in [0.25, 0.3) is 5.91 Å². The molecular formula is C16H24N2O2. The molecule has 4 heteroatoms. The quantitative estimate of drug-likeness (QED) is 0.918. The van der Waals surface area contributed by atoms with Crippen molar-refractivity contribution in [3.05, 3.63) is 29.3 Å². The van der Waals surface area contributed by atoms with E-state index in [-0.39, 0.29) is 18.6 Å². The Hall–Kier alpha value is -1.55. The molecule has 1 atom stereocenters. The van der Waals surface area contributed by atoms with Crippen molar-refractivity contribution in [3.63, 3.8) is 0 Å². The third-order valence-electron chi connectivity index (χ3n) is 3.72. The second kappa shape index (κ2) is 6.75. The fourth-order valence-electron chi connectivity index (χ4n) is 2.52. The van der Waals surface area contributed by atoms with Crippen molar-refractivity contribution in [2.24, 2.45) is 5.73 Å². The molecule has 1 aliphatic rings. The largest absolute Gasteiger partial charge is 0.483 e. The van der Waals surface area contributed by atoms with Gasteiger partial charge in [-0.3, -0.25) is 4.79 Å². The zero-order chi connectivity index (χ0) is 14.5. The topological polar surface area (TPSA) is 55.6 Å². The molecule has 0 aliphatic carbocycles. The first-order valence-corrected chi connectivity index (χ1v) is 7.34. The Bertz CT molecular complexity index is 466. The standard InChI is InChI=1S/C16H24N2O2/c1-12-6-7-14(13(2)17)15(10-12)20-11-16(19)18-8-4-3-5-9-18/h6-7,10,13H,3-5,8-9,11,17H2,1-2H3/t13-/m0/s1. The van der Waals surface area contributed by atoms with Crippen LogP contribution in [0.3, 0.4) is 0 Å². The lowest BCUT2D eigenvalue weighted by molar-refractivity contribution is -0.134. The highest BCUT2D eigenvalue weighted by molar-refractivity contribution is 5.77. The highest BCUT2D eigenvalue weighted by atomic mass is 16.5. The van der Waals surface area contributed by atoms with Gasteiger partial charge in [0.15, 0.2) is 6.61 Å². The first kappa shape index (κ1) is 14.9. The van der Waals surface area contributed by atoms with Crippen molar-refractivity contribution in [3.8, 4) is 5.75 Å². The average molecular weight is 276 g/mol. The van der Waals surface area contributed by atoms with Crippen LogP contribution in [-0.4, -0.2) is 30.5 Å². The van der Waals surface area contributed by atoms with E-state index in [9.17, 15) is 4.79 Å². The molecule has 2 rings (SSSR count). The van der Waals surface area contributed by atoms with E-state index >= 15 is 0 Å². The number of hydrogen-bond donors (Lipinski definition) is 1. The summed E-state index contributed by atoms with van der Waals surface area (Å²) < 4.78 is 5.72. The summed E-state index contributed by atoms with van der Waals surface area (Å²) >= 11 is 0. The molecule has 0 spiro atoms. The number of carbonyl (C=O) groups excluding carboxylic acids is 1. The maximum absolute atomic E-state index is 12.1. The van der Waals surface area contributed by atoms with E-state index in [1.165, 1.54) is 6.42 Å². The number of hydrogen-bond acceptors (Lipinski definition) is 3. The number of piperidine rings is 1. The Morgan fingerprint density at radius 3 is 2.70 bits per heavy atom. The lowest BCUT2D eigenvalue weighted by Gasteiger charge is -2.26. The highest BCUT2D eigenvalue weighted by Crippen LogP contribution is 2.25. The second-order valence-electron chi connectivity index (χ2n) is 5.56. The fourth-order valence-corrected chi connectivity index (χ4v) is 2.52.